The van der Waals surface area contributed by atoms with E-state index < -0.39 is 0 Å². The van der Waals surface area contributed by atoms with Crippen molar-refractivity contribution in [2.24, 2.45) is 0 Å². The van der Waals surface area contributed by atoms with Gasteiger partial charge < -0.3 is 0 Å². The second-order valence-corrected chi connectivity index (χ2v) is 4.69. The highest BCUT2D eigenvalue weighted by molar-refractivity contribution is 6.09. The third kappa shape index (κ3) is 1.57. The molecule has 0 aliphatic rings. The summed E-state index contributed by atoms with van der Waals surface area (Å²) in [4.78, 5) is 0. The lowest BCUT2D eigenvalue weighted by Gasteiger charge is -2.05. The minimum atomic E-state index is 1.32. The molecule has 0 unspecified atom stereocenters. The minimum Gasteiger partial charge on any atom is -0.0615 e. The van der Waals surface area contributed by atoms with E-state index in [1.54, 1.807) is 0 Å². The van der Waals surface area contributed by atoms with Crippen LogP contribution in [0.5, 0.6) is 0 Å². The van der Waals surface area contributed by atoms with Crippen molar-refractivity contribution in [2.45, 2.75) is 13.8 Å². The molecule has 0 radical (unpaired) electrons. The molecule has 0 spiro atoms. The van der Waals surface area contributed by atoms with Gasteiger partial charge in [0, 0.05) is 42.0 Å². The van der Waals surface area contributed by atoms with Crippen molar-refractivity contribution in [2.75, 3.05) is 0 Å². The van der Waals surface area contributed by atoms with Crippen LogP contribution >= 0.6 is 0 Å². The number of hydrogen-bond acceptors (Lipinski definition) is 0. The van der Waals surface area contributed by atoms with Crippen molar-refractivity contribution in [3.05, 3.63) is 66.1 Å². The molecule has 0 fully saturated rings. The normalized spacial score (nSPS) is 10.9. The lowest BCUT2D eigenvalue weighted by molar-refractivity contribution is 1.17. The molecule has 0 saturated heterocycles. The standard InChI is InChI=1S/C17H15/c1-12(2)17-11-13-7-3-4-8-14(13)15-9-5-6-10-16(15)17/h3-11H,1-2H3/q+1. The Bertz CT molecular complexity index is 678. The summed E-state index contributed by atoms with van der Waals surface area (Å²) in [5.41, 5.74) is 1.36. The molecule has 0 aliphatic heterocycles. The van der Waals surface area contributed by atoms with Crippen LogP contribution in [0.1, 0.15) is 19.4 Å². The fourth-order valence-electron chi connectivity index (χ4n) is 2.47. The van der Waals surface area contributed by atoms with Gasteiger partial charge in [0.1, 0.15) is 5.56 Å². The van der Waals surface area contributed by atoms with Crippen LogP contribution in [-0.2, 0) is 0 Å². The van der Waals surface area contributed by atoms with Gasteiger partial charge in [0.15, 0.2) is 0 Å². The largest absolute Gasteiger partial charge is 0.140 e. The van der Waals surface area contributed by atoms with Gasteiger partial charge in [0.25, 0.3) is 0 Å². The highest BCUT2D eigenvalue weighted by Crippen LogP contribution is 2.31. The van der Waals surface area contributed by atoms with Crippen LogP contribution in [0.4, 0.5) is 0 Å². The Kier molecular flexibility index (Phi) is 2.29. The van der Waals surface area contributed by atoms with Crippen LogP contribution in [0.2, 0.25) is 0 Å². The zero-order valence-corrected chi connectivity index (χ0v) is 10.2. The molecule has 0 amide bonds. The predicted octanol–water partition coefficient (Wildman–Crippen LogP) is 4.96. The summed E-state index contributed by atoms with van der Waals surface area (Å²) >= 11 is 0. The van der Waals surface area contributed by atoms with Crippen molar-refractivity contribution in [3.8, 4) is 0 Å². The number of rotatable bonds is 1. The molecule has 0 heterocycles. The van der Waals surface area contributed by atoms with E-state index in [-0.39, 0.29) is 0 Å². The van der Waals surface area contributed by atoms with Gasteiger partial charge >= 0.3 is 0 Å². The van der Waals surface area contributed by atoms with E-state index >= 15 is 0 Å². The number of hydrogen-bond donors (Lipinski definition) is 0. The van der Waals surface area contributed by atoms with Crippen LogP contribution in [0.15, 0.2) is 54.6 Å². The molecule has 0 aliphatic carbocycles. The average molecular weight is 219 g/mol. The first kappa shape index (κ1) is 10.2. The van der Waals surface area contributed by atoms with E-state index in [1.165, 1.54) is 33.0 Å². The summed E-state index contributed by atoms with van der Waals surface area (Å²) in [6.07, 6.45) is 0. The molecule has 3 aromatic carbocycles. The third-order valence-corrected chi connectivity index (χ3v) is 3.31. The Morgan fingerprint density at radius 3 is 2.00 bits per heavy atom. The van der Waals surface area contributed by atoms with Crippen LogP contribution in [-0.4, -0.2) is 0 Å². The molecule has 0 bridgehead atoms. The van der Waals surface area contributed by atoms with Crippen LogP contribution in [0.25, 0.3) is 21.5 Å². The van der Waals surface area contributed by atoms with Gasteiger partial charge in [-0.3, -0.25) is 0 Å². The fourth-order valence-corrected chi connectivity index (χ4v) is 2.47. The second-order valence-electron chi connectivity index (χ2n) is 4.69. The SMILES string of the molecule is C[C+](C)c1cc2ccccc2c2ccccc12. The van der Waals surface area contributed by atoms with Crippen molar-refractivity contribution in [1.82, 2.24) is 0 Å². The topological polar surface area (TPSA) is 0 Å². The van der Waals surface area contributed by atoms with Gasteiger partial charge in [-0.25, -0.2) is 0 Å². The maximum atomic E-state index is 2.30. The lowest BCUT2D eigenvalue weighted by Crippen LogP contribution is -1.91. The maximum absolute atomic E-state index is 2.30. The maximum Gasteiger partial charge on any atom is 0.140 e. The van der Waals surface area contributed by atoms with Crippen molar-refractivity contribution >= 4 is 21.5 Å². The Balaban J connectivity index is 2.55. The second kappa shape index (κ2) is 3.81. The van der Waals surface area contributed by atoms with Crippen LogP contribution in [0.3, 0.4) is 0 Å². The first-order valence-electron chi connectivity index (χ1n) is 5.98. The van der Waals surface area contributed by atoms with Crippen molar-refractivity contribution < 1.29 is 0 Å². The highest BCUT2D eigenvalue weighted by Gasteiger charge is 2.16. The van der Waals surface area contributed by atoms with Gasteiger partial charge in [0.2, 0.25) is 0 Å². The van der Waals surface area contributed by atoms with Crippen molar-refractivity contribution in [3.63, 3.8) is 0 Å². The van der Waals surface area contributed by atoms with Gasteiger partial charge in [-0.15, -0.1) is 0 Å². The quantitative estimate of drug-likeness (QED) is 0.401. The molecule has 0 heteroatoms. The molecule has 0 N–H and O–H groups in total. The fraction of sp³-hybridized carbons (Fsp3) is 0.118. The average Bonchev–Trinajstić information content (AvgIpc) is 2.37. The molecule has 3 rings (SSSR count). The summed E-state index contributed by atoms with van der Waals surface area (Å²) in [7, 11) is 0. The number of benzene rings is 3. The Morgan fingerprint density at radius 1 is 0.706 bits per heavy atom. The first-order valence-corrected chi connectivity index (χ1v) is 5.98. The molecule has 0 atom stereocenters. The summed E-state index contributed by atoms with van der Waals surface area (Å²) in [6, 6.07) is 19.6. The Labute approximate surface area is 102 Å². The summed E-state index contributed by atoms with van der Waals surface area (Å²) in [6.45, 7) is 4.35. The van der Waals surface area contributed by atoms with E-state index in [2.05, 4.69) is 68.4 Å². The van der Waals surface area contributed by atoms with E-state index in [9.17, 15) is 0 Å². The molecule has 0 nitrogen and oxygen atoms in total. The number of fused-ring (bicyclic) bond motifs is 3. The first-order chi connectivity index (χ1) is 8.27. The summed E-state index contributed by atoms with van der Waals surface area (Å²) in [5, 5.41) is 5.36. The molecular weight excluding hydrogens is 204 g/mol. The van der Waals surface area contributed by atoms with Crippen LogP contribution < -0.4 is 0 Å². The van der Waals surface area contributed by atoms with Gasteiger partial charge in [-0.1, -0.05) is 24.3 Å². The summed E-state index contributed by atoms with van der Waals surface area (Å²) in [5.74, 6) is 1.37. The Hall–Kier alpha value is -1.95. The van der Waals surface area contributed by atoms with E-state index in [0.717, 1.165) is 0 Å². The molecule has 82 valence electrons. The zero-order valence-electron chi connectivity index (χ0n) is 10.2. The lowest BCUT2D eigenvalue weighted by atomic mass is 9.92. The van der Waals surface area contributed by atoms with Crippen molar-refractivity contribution in [1.29, 1.82) is 0 Å². The molecule has 3 aromatic rings. The highest BCUT2D eigenvalue weighted by atomic mass is 14.1. The van der Waals surface area contributed by atoms with Gasteiger partial charge in [-0.05, 0) is 18.2 Å². The van der Waals surface area contributed by atoms with Crippen LogP contribution in [0, 0.1) is 5.92 Å². The molecule has 17 heavy (non-hydrogen) atoms. The van der Waals surface area contributed by atoms with E-state index in [0.29, 0.717) is 0 Å². The monoisotopic (exact) mass is 219 g/mol. The summed E-state index contributed by atoms with van der Waals surface area (Å²) < 4.78 is 0. The predicted molar refractivity (Wildman–Crippen MR) is 75.1 cm³/mol. The van der Waals surface area contributed by atoms with E-state index in [4.69, 9.17) is 0 Å². The third-order valence-electron chi connectivity index (χ3n) is 3.31. The minimum absolute atomic E-state index is 1.32. The molecular formula is C17H15+. The van der Waals surface area contributed by atoms with Gasteiger partial charge in [0.05, 0.1) is 11.5 Å². The molecule has 0 aromatic heterocycles. The Morgan fingerprint density at radius 2 is 1.29 bits per heavy atom. The zero-order chi connectivity index (χ0) is 11.8. The molecule has 0 saturated carbocycles. The van der Waals surface area contributed by atoms with Gasteiger partial charge in [-0.2, -0.15) is 0 Å². The smallest absolute Gasteiger partial charge is 0.0615 e. The van der Waals surface area contributed by atoms with E-state index in [1.807, 2.05) is 0 Å².